The van der Waals surface area contributed by atoms with Crippen molar-refractivity contribution < 1.29 is 23.5 Å². The van der Waals surface area contributed by atoms with Gasteiger partial charge in [-0.3, -0.25) is 4.79 Å². The van der Waals surface area contributed by atoms with Crippen LogP contribution in [0.15, 0.2) is 23.6 Å². The van der Waals surface area contributed by atoms with Gasteiger partial charge in [-0.1, -0.05) is 0 Å². The molecule has 21 heavy (non-hydrogen) atoms. The predicted octanol–water partition coefficient (Wildman–Crippen LogP) is 2.44. The summed E-state index contributed by atoms with van der Waals surface area (Å²) in [6, 6.07) is 2.99. The van der Waals surface area contributed by atoms with Crippen LogP contribution in [0, 0.1) is 11.6 Å². The molecule has 0 aliphatic carbocycles. The molecule has 0 saturated heterocycles. The highest BCUT2D eigenvalue weighted by molar-refractivity contribution is 7.10. The number of carbonyl (C=O) groups is 2. The van der Waals surface area contributed by atoms with Gasteiger partial charge in [-0.15, -0.1) is 11.3 Å². The summed E-state index contributed by atoms with van der Waals surface area (Å²) in [7, 11) is 0. The quantitative estimate of drug-likeness (QED) is 0.790. The molecule has 1 heterocycles. The summed E-state index contributed by atoms with van der Waals surface area (Å²) in [4.78, 5) is 22.4. The molecule has 0 fully saturated rings. The lowest BCUT2D eigenvalue weighted by Crippen LogP contribution is -2.14. The van der Waals surface area contributed by atoms with Crippen LogP contribution >= 0.6 is 11.3 Å². The van der Waals surface area contributed by atoms with Crippen molar-refractivity contribution in [3.05, 3.63) is 51.2 Å². The smallest absolute Gasteiger partial charge is 0.336 e. The van der Waals surface area contributed by atoms with E-state index in [1.807, 2.05) is 0 Å². The molecular formula is C13H10F2N2O3S. The van der Waals surface area contributed by atoms with Crippen molar-refractivity contribution in [2.45, 2.75) is 6.54 Å². The number of carboxylic acid groups (broad SMARTS) is 1. The van der Waals surface area contributed by atoms with E-state index in [0.29, 0.717) is 10.9 Å². The summed E-state index contributed by atoms with van der Waals surface area (Å²) in [5.41, 5.74) is 4.61. The number of amides is 1. The first-order valence-corrected chi connectivity index (χ1v) is 6.60. The largest absolute Gasteiger partial charge is 0.478 e. The number of carboxylic acids is 1. The zero-order valence-electron chi connectivity index (χ0n) is 10.5. The second-order valence-electron chi connectivity index (χ2n) is 4.14. The first kappa shape index (κ1) is 14.9. The standard InChI is InChI=1S/C13H10F2N2O3S/c14-9-3-10(15)11(2-8(9)12(16)18)17-4-7-1-6(5-21-7)13(19)20/h1-3,5,17H,4H2,(H2,16,18)(H,19,20). The van der Waals surface area contributed by atoms with Gasteiger partial charge in [-0.05, 0) is 12.1 Å². The lowest BCUT2D eigenvalue weighted by molar-refractivity contribution is 0.0697. The van der Waals surface area contributed by atoms with Crippen LogP contribution in [-0.4, -0.2) is 17.0 Å². The lowest BCUT2D eigenvalue weighted by Gasteiger charge is -2.08. The molecule has 0 aliphatic rings. The van der Waals surface area contributed by atoms with Crippen molar-refractivity contribution in [3.8, 4) is 0 Å². The number of primary amides is 1. The molecule has 0 spiro atoms. The van der Waals surface area contributed by atoms with Gasteiger partial charge in [-0.25, -0.2) is 13.6 Å². The molecular weight excluding hydrogens is 302 g/mol. The number of rotatable bonds is 5. The Morgan fingerprint density at radius 3 is 2.52 bits per heavy atom. The first-order chi connectivity index (χ1) is 9.88. The van der Waals surface area contributed by atoms with E-state index < -0.39 is 29.1 Å². The van der Waals surface area contributed by atoms with Crippen molar-refractivity contribution in [3.63, 3.8) is 0 Å². The monoisotopic (exact) mass is 312 g/mol. The first-order valence-electron chi connectivity index (χ1n) is 5.72. The minimum atomic E-state index is -1.05. The molecule has 1 amide bonds. The van der Waals surface area contributed by atoms with Crippen molar-refractivity contribution in [1.82, 2.24) is 0 Å². The van der Waals surface area contributed by atoms with Crippen molar-refractivity contribution in [2.75, 3.05) is 5.32 Å². The number of aromatic carboxylic acids is 1. The Labute approximate surface area is 122 Å². The lowest BCUT2D eigenvalue weighted by atomic mass is 10.1. The normalized spacial score (nSPS) is 10.4. The second kappa shape index (κ2) is 5.88. The van der Waals surface area contributed by atoms with Crippen LogP contribution in [-0.2, 0) is 6.54 Å². The highest BCUT2D eigenvalue weighted by Crippen LogP contribution is 2.22. The van der Waals surface area contributed by atoms with Crippen LogP contribution in [0.4, 0.5) is 14.5 Å². The fraction of sp³-hybridized carbons (Fsp3) is 0.0769. The highest BCUT2D eigenvalue weighted by atomic mass is 32.1. The van der Waals surface area contributed by atoms with E-state index in [9.17, 15) is 18.4 Å². The molecule has 0 saturated carbocycles. The summed E-state index contributed by atoms with van der Waals surface area (Å²) in [6.45, 7) is 0.138. The van der Waals surface area contributed by atoms with E-state index in [-0.39, 0.29) is 17.8 Å². The molecule has 0 radical (unpaired) electrons. The van der Waals surface area contributed by atoms with E-state index in [4.69, 9.17) is 10.8 Å². The SMILES string of the molecule is NC(=O)c1cc(NCc2cc(C(=O)O)cs2)c(F)cc1F. The van der Waals surface area contributed by atoms with Gasteiger partial charge in [0.25, 0.3) is 5.91 Å². The van der Waals surface area contributed by atoms with Gasteiger partial charge in [0.15, 0.2) is 0 Å². The fourth-order valence-corrected chi connectivity index (χ4v) is 2.44. The molecule has 8 heteroatoms. The van der Waals surface area contributed by atoms with E-state index >= 15 is 0 Å². The zero-order valence-corrected chi connectivity index (χ0v) is 11.3. The number of benzene rings is 1. The topological polar surface area (TPSA) is 92.4 Å². The minimum absolute atomic E-state index is 0.0875. The van der Waals surface area contributed by atoms with Gasteiger partial charge in [0.2, 0.25) is 0 Å². The molecule has 1 aromatic heterocycles. The molecule has 2 aromatic rings. The van der Waals surface area contributed by atoms with Crippen molar-refractivity contribution in [2.24, 2.45) is 5.73 Å². The summed E-state index contributed by atoms with van der Waals surface area (Å²) in [5, 5.41) is 12.9. The Balaban J connectivity index is 2.17. The molecule has 2 rings (SSSR count). The van der Waals surface area contributed by atoms with E-state index in [2.05, 4.69) is 5.32 Å². The van der Waals surface area contributed by atoms with Crippen molar-refractivity contribution in [1.29, 1.82) is 0 Å². The Kier molecular flexibility index (Phi) is 4.18. The molecule has 1 aromatic carbocycles. The van der Waals surface area contributed by atoms with Gasteiger partial charge in [0.1, 0.15) is 11.6 Å². The Morgan fingerprint density at radius 2 is 1.95 bits per heavy atom. The number of halogens is 2. The molecule has 110 valence electrons. The van der Waals surface area contributed by atoms with Gasteiger partial charge in [0, 0.05) is 22.9 Å². The molecule has 0 bridgehead atoms. The van der Waals surface area contributed by atoms with Crippen LogP contribution in [0.2, 0.25) is 0 Å². The van der Waals surface area contributed by atoms with Crippen molar-refractivity contribution >= 4 is 28.9 Å². The number of nitrogens with two attached hydrogens (primary N) is 1. The third-order valence-electron chi connectivity index (χ3n) is 2.68. The summed E-state index contributed by atoms with van der Waals surface area (Å²) in [5.74, 6) is -3.95. The number of carbonyl (C=O) groups excluding carboxylic acids is 1. The molecule has 5 nitrogen and oxygen atoms in total. The minimum Gasteiger partial charge on any atom is -0.478 e. The maximum atomic E-state index is 13.6. The third-order valence-corrected chi connectivity index (χ3v) is 3.61. The summed E-state index contributed by atoms with van der Waals surface area (Å²) < 4.78 is 26.9. The van der Waals surface area contributed by atoms with E-state index in [1.54, 1.807) is 0 Å². The molecule has 4 N–H and O–H groups in total. The van der Waals surface area contributed by atoms with Crippen LogP contribution in [0.25, 0.3) is 0 Å². The number of hydrogen-bond donors (Lipinski definition) is 3. The molecule has 0 aliphatic heterocycles. The van der Waals surface area contributed by atoms with E-state index in [1.165, 1.54) is 22.8 Å². The second-order valence-corrected chi connectivity index (χ2v) is 5.13. The third kappa shape index (κ3) is 3.34. The predicted molar refractivity (Wildman–Crippen MR) is 73.5 cm³/mol. The van der Waals surface area contributed by atoms with Gasteiger partial charge < -0.3 is 16.2 Å². The van der Waals surface area contributed by atoms with Crippen LogP contribution in [0.1, 0.15) is 25.6 Å². The highest BCUT2D eigenvalue weighted by Gasteiger charge is 2.14. The average molecular weight is 312 g/mol. The zero-order chi connectivity index (χ0) is 15.6. The van der Waals surface area contributed by atoms with Gasteiger partial charge >= 0.3 is 5.97 Å². The molecule has 0 atom stereocenters. The Hall–Kier alpha value is -2.48. The Morgan fingerprint density at radius 1 is 1.24 bits per heavy atom. The number of thiophene rings is 1. The van der Waals surface area contributed by atoms with Gasteiger partial charge in [0.05, 0.1) is 16.8 Å². The molecule has 0 unspecified atom stereocenters. The maximum absolute atomic E-state index is 13.6. The number of nitrogens with one attached hydrogen (secondary N) is 1. The number of hydrogen-bond acceptors (Lipinski definition) is 4. The van der Waals surface area contributed by atoms with Crippen LogP contribution in [0.5, 0.6) is 0 Å². The fourth-order valence-electron chi connectivity index (χ4n) is 1.64. The number of anilines is 1. The maximum Gasteiger partial charge on any atom is 0.336 e. The average Bonchev–Trinajstić information content (AvgIpc) is 2.86. The summed E-state index contributed by atoms with van der Waals surface area (Å²) >= 11 is 1.19. The van der Waals surface area contributed by atoms with Crippen LogP contribution < -0.4 is 11.1 Å². The van der Waals surface area contributed by atoms with Gasteiger partial charge in [-0.2, -0.15) is 0 Å². The summed E-state index contributed by atoms with van der Waals surface area (Å²) in [6.07, 6.45) is 0. The Bertz CT molecular complexity index is 715. The van der Waals surface area contributed by atoms with Crippen LogP contribution in [0.3, 0.4) is 0 Å². The van der Waals surface area contributed by atoms with E-state index in [0.717, 1.165) is 6.07 Å².